The normalized spacial score (nSPS) is 11.8. The molecule has 0 radical (unpaired) electrons. The van der Waals surface area contributed by atoms with Crippen molar-refractivity contribution in [1.82, 2.24) is 0 Å². The van der Waals surface area contributed by atoms with Gasteiger partial charge in [0.15, 0.2) is 0 Å². The van der Waals surface area contributed by atoms with Crippen LogP contribution in [0.3, 0.4) is 0 Å². The molecule has 4 aromatic carbocycles. The Kier molecular flexibility index (Phi) is 7.53. The van der Waals surface area contributed by atoms with Crippen molar-refractivity contribution < 1.29 is 50.9 Å². The smallest absolute Gasteiger partial charge is 0.420 e. The van der Waals surface area contributed by atoms with Crippen LogP contribution in [0.25, 0.3) is 22.3 Å². The van der Waals surface area contributed by atoms with Gasteiger partial charge >= 0.3 is 12.4 Å². The van der Waals surface area contributed by atoms with Gasteiger partial charge in [-0.05, 0) is 48.5 Å². The van der Waals surface area contributed by atoms with E-state index in [1.165, 1.54) is 24.3 Å². The van der Waals surface area contributed by atoms with Crippen molar-refractivity contribution in [2.45, 2.75) is 12.4 Å². The van der Waals surface area contributed by atoms with E-state index in [1.54, 1.807) is 0 Å². The fourth-order valence-electron chi connectivity index (χ4n) is 4.44. The summed E-state index contributed by atoms with van der Waals surface area (Å²) in [6.07, 6.45) is -10.4. The number of ether oxygens (including phenoxy) is 1. The minimum Gasteiger partial charge on any atom is -0.507 e. The van der Waals surface area contributed by atoms with Crippen LogP contribution in [0.5, 0.6) is 23.0 Å². The monoisotopic (exact) mass is 606 g/mol. The van der Waals surface area contributed by atoms with Gasteiger partial charge in [0.1, 0.15) is 34.1 Å². The number of rotatable bonds is 6. The van der Waals surface area contributed by atoms with E-state index in [0.717, 1.165) is 24.3 Å². The summed E-state index contributed by atoms with van der Waals surface area (Å²) in [7, 11) is 0. The molecule has 10 N–H and O–H groups in total. The number of phenolic OH excluding ortho intramolecular Hbond substituents is 2. The number of primary amides is 2. The van der Waals surface area contributed by atoms with Crippen LogP contribution in [-0.2, 0) is 12.4 Å². The van der Waals surface area contributed by atoms with Gasteiger partial charge in [-0.25, -0.2) is 0 Å². The summed E-state index contributed by atoms with van der Waals surface area (Å²) in [5, 5.41) is 21.1. The van der Waals surface area contributed by atoms with Crippen LogP contribution >= 0.6 is 0 Å². The third-order valence-corrected chi connectivity index (χ3v) is 6.28. The van der Waals surface area contributed by atoms with E-state index >= 15 is 0 Å². The molecule has 0 atom stereocenters. The zero-order valence-electron chi connectivity index (χ0n) is 21.5. The second-order valence-corrected chi connectivity index (χ2v) is 9.10. The second-order valence-electron chi connectivity index (χ2n) is 9.10. The summed E-state index contributed by atoms with van der Waals surface area (Å²) >= 11 is 0. The number of anilines is 2. The lowest BCUT2D eigenvalue weighted by molar-refractivity contribution is -0.139. The average molecular weight is 606 g/mol. The lowest BCUT2D eigenvalue weighted by Crippen LogP contribution is -2.14. The molecule has 2 amide bonds. The number of phenols is 2. The Bertz CT molecular complexity index is 1660. The SMILES string of the molecule is NC(=O)c1cccc(N)c1-c1cc(Oc2cc(-c3c(N)cccc3C(N)=O)c(O)c(C(F)(F)F)c2)cc(C(F)(F)F)c1O. The summed E-state index contributed by atoms with van der Waals surface area (Å²) in [5.74, 6) is -6.48. The number of halogens is 6. The molecule has 4 aromatic rings. The predicted octanol–water partition coefficient (Wildman–Crippen LogP) is 5.62. The molecular formula is C28H20F6N4O5. The first-order chi connectivity index (χ1) is 19.9. The number of amides is 2. The van der Waals surface area contributed by atoms with Gasteiger partial charge in [-0.2, -0.15) is 26.3 Å². The molecular weight excluding hydrogens is 586 g/mol. The molecule has 0 aromatic heterocycles. The minimum absolute atomic E-state index is 0.262. The van der Waals surface area contributed by atoms with Crippen LogP contribution in [-0.4, -0.2) is 22.0 Å². The number of alkyl halides is 6. The van der Waals surface area contributed by atoms with E-state index in [-0.39, 0.29) is 22.5 Å². The minimum atomic E-state index is -5.22. The predicted molar refractivity (Wildman–Crippen MR) is 143 cm³/mol. The molecule has 43 heavy (non-hydrogen) atoms. The van der Waals surface area contributed by atoms with Crippen molar-refractivity contribution in [3.8, 4) is 45.3 Å². The summed E-state index contributed by atoms with van der Waals surface area (Å²) < 4.78 is 89.2. The fourth-order valence-corrected chi connectivity index (χ4v) is 4.44. The Morgan fingerprint density at radius 3 is 1.28 bits per heavy atom. The molecule has 0 aliphatic rings. The zero-order chi connectivity index (χ0) is 32.0. The van der Waals surface area contributed by atoms with E-state index in [1.807, 2.05) is 0 Å². The Balaban J connectivity index is 2.02. The molecule has 4 rings (SSSR count). The quantitative estimate of drug-likeness (QED) is 0.121. The maximum Gasteiger partial charge on any atom is 0.420 e. The van der Waals surface area contributed by atoms with Crippen LogP contribution in [0.1, 0.15) is 31.8 Å². The Morgan fingerprint density at radius 1 is 0.628 bits per heavy atom. The number of aromatic hydroxyl groups is 2. The maximum atomic E-state index is 14.0. The largest absolute Gasteiger partial charge is 0.507 e. The van der Waals surface area contributed by atoms with Crippen LogP contribution in [0, 0.1) is 0 Å². The van der Waals surface area contributed by atoms with Crippen LogP contribution in [0.15, 0.2) is 60.7 Å². The highest BCUT2D eigenvalue weighted by Crippen LogP contribution is 2.49. The molecule has 0 spiro atoms. The van der Waals surface area contributed by atoms with Crippen molar-refractivity contribution in [3.05, 3.63) is 82.9 Å². The van der Waals surface area contributed by atoms with E-state index in [2.05, 4.69) is 0 Å². The Labute approximate surface area is 237 Å². The Hall–Kier alpha value is -5.60. The van der Waals surface area contributed by atoms with E-state index in [9.17, 15) is 46.1 Å². The molecule has 0 aliphatic carbocycles. The van der Waals surface area contributed by atoms with Crippen molar-refractivity contribution in [1.29, 1.82) is 0 Å². The first-order valence-electron chi connectivity index (χ1n) is 11.8. The molecule has 9 nitrogen and oxygen atoms in total. The molecule has 0 saturated carbocycles. The van der Waals surface area contributed by atoms with Gasteiger partial charge in [0.05, 0.1) is 0 Å². The summed E-state index contributed by atoms with van der Waals surface area (Å²) in [6, 6.07) is 9.46. The molecule has 0 unspecified atom stereocenters. The number of carbonyl (C=O) groups excluding carboxylic acids is 2. The maximum absolute atomic E-state index is 14.0. The molecule has 224 valence electrons. The van der Waals surface area contributed by atoms with Gasteiger partial charge in [-0.1, -0.05) is 12.1 Å². The number of benzene rings is 4. The van der Waals surface area contributed by atoms with E-state index in [0.29, 0.717) is 12.1 Å². The fraction of sp³-hybridized carbons (Fsp3) is 0.0714. The van der Waals surface area contributed by atoms with Crippen LogP contribution < -0.4 is 27.7 Å². The first kappa shape index (κ1) is 30.4. The van der Waals surface area contributed by atoms with Gasteiger partial charge in [0, 0.05) is 44.8 Å². The zero-order valence-corrected chi connectivity index (χ0v) is 21.5. The van der Waals surface area contributed by atoms with Gasteiger partial charge in [-0.3, -0.25) is 9.59 Å². The average Bonchev–Trinajstić information content (AvgIpc) is 2.89. The number of hydrogen-bond acceptors (Lipinski definition) is 7. The molecule has 0 bridgehead atoms. The third-order valence-electron chi connectivity index (χ3n) is 6.28. The lowest BCUT2D eigenvalue weighted by Gasteiger charge is -2.20. The van der Waals surface area contributed by atoms with Crippen molar-refractivity contribution in [2.75, 3.05) is 11.5 Å². The first-order valence-corrected chi connectivity index (χ1v) is 11.8. The lowest BCUT2D eigenvalue weighted by atomic mass is 9.94. The summed E-state index contributed by atoms with van der Waals surface area (Å²) in [6.45, 7) is 0. The summed E-state index contributed by atoms with van der Waals surface area (Å²) in [4.78, 5) is 24.0. The third kappa shape index (κ3) is 5.77. The Morgan fingerprint density at radius 2 is 0.977 bits per heavy atom. The van der Waals surface area contributed by atoms with Gasteiger partial charge in [-0.15, -0.1) is 0 Å². The molecule has 0 saturated heterocycles. The number of carbonyl (C=O) groups is 2. The molecule has 15 heteroatoms. The topological polar surface area (TPSA) is 188 Å². The van der Waals surface area contributed by atoms with Crippen molar-refractivity contribution in [2.24, 2.45) is 11.5 Å². The van der Waals surface area contributed by atoms with E-state index < -0.39 is 80.5 Å². The van der Waals surface area contributed by atoms with Gasteiger partial charge in [0.2, 0.25) is 11.8 Å². The highest BCUT2D eigenvalue weighted by molar-refractivity contribution is 6.05. The molecule has 0 aliphatic heterocycles. The van der Waals surface area contributed by atoms with Crippen molar-refractivity contribution in [3.63, 3.8) is 0 Å². The number of hydrogen-bond donors (Lipinski definition) is 6. The van der Waals surface area contributed by atoms with Crippen molar-refractivity contribution >= 4 is 23.2 Å². The number of nitrogen functional groups attached to an aromatic ring is 2. The molecule has 0 heterocycles. The van der Waals surface area contributed by atoms with E-state index in [4.69, 9.17) is 27.7 Å². The van der Waals surface area contributed by atoms with Gasteiger partial charge in [0.25, 0.3) is 0 Å². The second kappa shape index (κ2) is 10.7. The van der Waals surface area contributed by atoms with Crippen LogP contribution in [0.2, 0.25) is 0 Å². The number of nitrogens with two attached hydrogens (primary N) is 4. The van der Waals surface area contributed by atoms with Crippen LogP contribution in [0.4, 0.5) is 37.7 Å². The highest BCUT2D eigenvalue weighted by Gasteiger charge is 2.38. The standard InChI is InChI=1S/C28H20F6N4O5/c29-27(30,31)17-9-11(7-15(23(17)39)21-13(25(37)41)3-1-5-19(21)35)43-12-8-16(24(40)18(10-12)28(32,33)34)22-14(26(38)42)4-2-6-20(22)36/h1-10,39-40H,35-36H2,(H2,37,41)(H2,38,42). The molecule has 0 fully saturated rings. The van der Waals surface area contributed by atoms with Gasteiger partial charge < -0.3 is 37.9 Å². The highest BCUT2D eigenvalue weighted by atomic mass is 19.4. The summed E-state index contributed by atoms with van der Waals surface area (Å²) in [5.41, 5.74) is 15.7.